The fourth-order valence-electron chi connectivity index (χ4n) is 1.92. The molecule has 0 aliphatic carbocycles. The molecule has 118 valence electrons. The highest BCUT2D eigenvalue weighted by atomic mass is 16.5. The molecular formula is C17H28N2O2. The number of hydrogen-bond donors (Lipinski definition) is 1. The van der Waals surface area contributed by atoms with Crippen molar-refractivity contribution in [1.82, 2.24) is 4.90 Å². The Hall–Kier alpha value is -1.55. The maximum atomic E-state index is 12.0. The molecule has 2 N–H and O–H groups in total. The Morgan fingerprint density at radius 1 is 1.29 bits per heavy atom. The molecule has 1 aromatic rings. The third-order valence-corrected chi connectivity index (χ3v) is 3.63. The molecule has 0 saturated heterocycles. The summed E-state index contributed by atoms with van der Waals surface area (Å²) in [7, 11) is 1.84. The van der Waals surface area contributed by atoms with Crippen LogP contribution in [0, 0.1) is 5.92 Å². The van der Waals surface area contributed by atoms with E-state index in [1.165, 1.54) is 0 Å². The van der Waals surface area contributed by atoms with Crippen molar-refractivity contribution in [1.29, 1.82) is 0 Å². The molecule has 1 aromatic carbocycles. The number of nitrogens with zero attached hydrogens (tertiary/aromatic N) is 1. The number of para-hydroxylation sites is 1. The number of rotatable bonds is 9. The van der Waals surface area contributed by atoms with Gasteiger partial charge in [-0.3, -0.25) is 4.79 Å². The number of carbonyl (C=O) groups is 1. The normalized spacial score (nSPS) is 12.2. The molecule has 0 fully saturated rings. The van der Waals surface area contributed by atoms with E-state index in [4.69, 9.17) is 10.5 Å². The summed E-state index contributed by atoms with van der Waals surface area (Å²) in [5.74, 6) is 1.46. The van der Waals surface area contributed by atoms with Crippen molar-refractivity contribution in [2.45, 2.75) is 39.2 Å². The van der Waals surface area contributed by atoms with Gasteiger partial charge in [0, 0.05) is 26.1 Å². The van der Waals surface area contributed by atoms with Gasteiger partial charge in [-0.05, 0) is 30.9 Å². The Kier molecular flexibility index (Phi) is 7.83. The first-order valence-corrected chi connectivity index (χ1v) is 7.68. The standard InChI is InChI=1S/C17H28N2O2/c1-14(2)16(18)11-12-19(3)17(20)10-7-13-21-15-8-5-4-6-9-15/h4-6,8-9,14,16H,7,10-13,18H2,1-3H3. The molecule has 21 heavy (non-hydrogen) atoms. The van der Waals surface area contributed by atoms with Crippen LogP contribution in [0.15, 0.2) is 30.3 Å². The summed E-state index contributed by atoms with van der Waals surface area (Å²) in [4.78, 5) is 13.7. The minimum atomic E-state index is 0.154. The molecule has 1 unspecified atom stereocenters. The van der Waals surface area contributed by atoms with Gasteiger partial charge in [-0.1, -0.05) is 32.0 Å². The SMILES string of the molecule is CC(C)C(N)CCN(C)C(=O)CCCOc1ccccc1. The Bertz CT molecular complexity index is 407. The zero-order valence-electron chi connectivity index (χ0n) is 13.4. The number of benzene rings is 1. The zero-order valence-corrected chi connectivity index (χ0v) is 13.4. The predicted octanol–water partition coefficient (Wildman–Crippen LogP) is 2.68. The van der Waals surface area contributed by atoms with Crippen molar-refractivity contribution in [2.24, 2.45) is 11.7 Å². The average Bonchev–Trinajstić information content (AvgIpc) is 2.49. The van der Waals surface area contributed by atoms with Gasteiger partial charge in [-0.2, -0.15) is 0 Å². The van der Waals surface area contributed by atoms with Crippen LogP contribution in [0.2, 0.25) is 0 Å². The minimum absolute atomic E-state index is 0.154. The summed E-state index contributed by atoms with van der Waals surface area (Å²) in [5.41, 5.74) is 5.99. The Morgan fingerprint density at radius 2 is 1.95 bits per heavy atom. The van der Waals surface area contributed by atoms with E-state index in [0.29, 0.717) is 18.9 Å². The molecule has 0 spiro atoms. The lowest BCUT2D eigenvalue weighted by molar-refractivity contribution is -0.130. The summed E-state index contributed by atoms with van der Waals surface area (Å²) in [5, 5.41) is 0. The van der Waals surface area contributed by atoms with Crippen LogP contribution in [0.25, 0.3) is 0 Å². The van der Waals surface area contributed by atoms with Crippen molar-refractivity contribution in [3.8, 4) is 5.75 Å². The van der Waals surface area contributed by atoms with Crippen molar-refractivity contribution < 1.29 is 9.53 Å². The number of amides is 1. The lowest BCUT2D eigenvalue weighted by atomic mass is 10.0. The summed E-state index contributed by atoms with van der Waals surface area (Å²) in [6.45, 7) is 5.49. The fourth-order valence-corrected chi connectivity index (χ4v) is 1.92. The first-order chi connectivity index (χ1) is 10.0. The van der Waals surface area contributed by atoms with Gasteiger partial charge in [-0.15, -0.1) is 0 Å². The molecule has 0 radical (unpaired) electrons. The molecule has 4 heteroatoms. The first-order valence-electron chi connectivity index (χ1n) is 7.68. The van der Waals surface area contributed by atoms with E-state index in [1.54, 1.807) is 4.90 Å². The molecular weight excluding hydrogens is 264 g/mol. The van der Waals surface area contributed by atoms with E-state index in [2.05, 4.69) is 13.8 Å². The van der Waals surface area contributed by atoms with Crippen LogP contribution in [-0.4, -0.2) is 37.0 Å². The van der Waals surface area contributed by atoms with Gasteiger partial charge in [0.25, 0.3) is 0 Å². The van der Waals surface area contributed by atoms with Crippen LogP contribution >= 0.6 is 0 Å². The molecule has 0 bridgehead atoms. The van der Waals surface area contributed by atoms with Gasteiger partial charge in [0.2, 0.25) is 5.91 Å². The molecule has 4 nitrogen and oxygen atoms in total. The van der Waals surface area contributed by atoms with Crippen LogP contribution in [0.1, 0.15) is 33.1 Å². The monoisotopic (exact) mass is 292 g/mol. The highest BCUT2D eigenvalue weighted by Gasteiger charge is 2.12. The van der Waals surface area contributed by atoms with Gasteiger partial charge in [-0.25, -0.2) is 0 Å². The molecule has 1 atom stereocenters. The van der Waals surface area contributed by atoms with Crippen molar-refractivity contribution in [2.75, 3.05) is 20.2 Å². The van der Waals surface area contributed by atoms with Crippen LogP contribution in [0.5, 0.6) is 5.75 Å². The van der Waals surface area contributed by atoms with Crippen molar-refractivity contribution in [3.63, 3.8) is 0 Å². The topological polar surface area (TPSA) is 55.6 Å². The van der Waals surface area contributed by atoms with Gasteiger partial charge >= 0.3 is 0 Å². The average molecular weight is 292 g/mol. The van der Waals surface area contributed by atoms with E-state index in [9.17, 15) is 4.79 Å². The lowest BCUT2D eigenvalue weighted by Crippen LogP contribution is -2.34. The highest BCUT2D eigenvalue weighted by Crippen LogP contribution is 2.09. The first kappa shape index (κ1) is 17.5. The Morgan fingerprint density at radius 3 is 2.57 bits per heavy atom. The maximum Gasteiger partial charge on any atom is 0.222 e. The summed E-state index contributed by atoms with van der Waals surface area (Å²) < 4.78 is 5.58. The van der Waals surface area contributed by atoms with Gasteiger partial charge in [0.15, 0.2) is 0 Å². The smallest absolute Gasteiger partial charge is 0.222 e. The number of hydrogen-bond acceptors (Lipinski definition) is 3. The molecule has 1 amide bonds. The van der Waals surface area contributed by atoms with E-state index < -0.39 is 0 Å². The molecule has 1 rings (SSSR count). The summed E-state index contributed by atoms with van der Waals surface area (Å²) >= 11 is 0. The van der Waals surface area contributed by atoms with E-state index >= 15 is 0 Å². The van der Waals surface area contributed by atoms with Crippen molar-refractivity contribution in [3.05, 3.63) is 30.3 Å². The molecule has 0 aromatic heterocycles. The summed E-state index contributed by atoms with van der Waals surface area (Å²) in [6, 6.07) is 9.82. The molecule has 0 aliphatic heterocycles. The fraction of sp³-hybridized carbons (Fsp3) is 0.588. The lowest BCUT2D eigenvalue weighted by Gasteiger charge is -2.21. The molecule has 0 saturated carbocycles. The van der Waals surface area contributed by atoms with Crippen LogP contribution in [0.4, 0.5) is 0 Å². The van der Waals surface area contributed by atoms with Gasteiger partial charge in [0.1, 0.15) is 5.75 Å². The molecule has 0 aliphatic rings. The zero-order chi connectivity index (χ0) is 15.7. The van der Waals surface area contributed by atoms with Gasteiger partial charge < -0.3 is 15.4 Å². The van der Waals surface area contributed by atoms with Gasteiger partial charge in [0.05, 0.1) is 6.61 Å². The largest absolute Gasteiger partial charge is 0.494 e. The second-order valence-corrected chi connectivity index (χ2v) is 5.78. The minimum Gasteiger partial charge on any atom is -0.494 e. The van der Waals surface area contributed by atoms with Crippen LogP contribution in [-0.2, 0) is 4.79 Å². The maximum absolute atomic E-state index is 12.0. The van der Waals surface area contributed by atoms with Crippen LogP contribution < -0.4 is 10.5 Å². The number of carbonyl (C=O) groups excluding carboxylic acids is 1. The third kappa shape index (κ3) is 7.14. The Balaban J connectivity index is 2.15. The second-order valence-electron chi connectivity index (χ2n) is 5.78. The highest BCUT2D eigenvalue weighted by molar-refractivity contribution is 5.75. The Labute approximate surface area is 128 Å². The molecule has 0 heterocycles. The third-order valence-electron chi connectivity index (χ3n) is 3.63. The van der Waals surface area contributed by atoms with Crippen LogP contribution in [0.3, 0.4) is 0 Å². The van der Waals surface area contributed by atoms with E-state index in [1.807, 2.05) is 37.4 Å². The van der Waals surface area contributed by atoms with Crippen molar-refractivity contribution >= 4 is 5.91 Å². The second kappa shape index (κ2) is 9.40. The predicted molar refractivity (Wildman–Crippen MR) is 86.2 cm³/mol. The number of nitrogens with two attached hydrogens (primary N) is 1. The number of ether oxygens (including phenoxy) is 1. The summed E-state index contributed by atoms with van der Waals surface area (Å²) in [6.07, 6.45) is 2.09. The van der Waals surface area contributed by atoms with E-state index in [0.717, 1.165) is 25.1 Å². The quantitative estimate of drug-likeness (QED) is 0.712. The van der Waals surface area contributed by atoms with E-state index in [-0.39, 0.29) is 11.9 Å².